The van der Waals surface area contributed by atoms with E-state index in [0.717, 1.165) is 31.3 Å². The summed E-state index contributed by atoms with van der Waals surface area (Å²) in [6.45, 7) is 12.9. The molecule has 2 nitrogen and oxygen atoms in total. The summed E-state index contributed by atoms with van der Waals surface area (Å²) in [5.74, 6) is 0.600. The van der Waals surface area contributed by atoms with Crippen LogP contribution < -0.4 is 0 Å². The molecule has 0 aliphatic heterocycles. The van der Waals surface area contributed by atoms with Gasteiger partial charge in [0, 0.05) is 11.0 Å². The minimum absolute atomic E-state index is 0.0917. The van der Waals surface area contributed by atoms with Crippen LogP contribution in [0, 0.1) is 22.2 Å². The van der Waals surface area contributed by atoms with Crippen molar-refractivity contribution in [1.29, 1.82) is 0 Å². The number of rotatable bonds is 1. The third-order valence-electron chi connectivity index (χ3n) is 7.14. The lowest BCUT2D eigenvalue weighted by Gasteiger charge is -2.57. The number of Topliss-reactive ketones (excluding diaryl/α,β-unsaturated/α-hetero) is 1. The fraction of sp³-hybridized carbons (Fsp3) is 0.750. The highest BCUT2D eigenvalue weighted by molar-refractivity contribution is 6.03. The quantitative estimate of drug-likeness (QED) is 0.727. The maximum absolute atomic E-state index is 13.0. The first-order valence-corrected chi connectivity index (χ1v) is 8.76. The number of carbonyl (C=O) groups excluding carboxylic acids is 1. The minimum atomic E-state index is -0.586. The highest BCUT2D eigenvalue weighted by Crippen LogP contribution is 2.62. The van der Waals surface area contributed by atoms with Crippen molar-refractivity contribution in [3.63, 3.8) is 0 Å². The molecule has 4 atom stereocenters. The van der Waals surface area contributed by atoms with Gasteiger partial charge in [0.15, 0.2) is 5.78 Å². The zero-order valence-corrected chi connectivity index (χ0v) is 14.5. The first-order chi connectivity index (χ1) is 10.2. The van der Waals surface area contributed by atoms with Crippen LogP contribution in [0.15, 0.2) is 23.8 Å². The lowest BCUT2D eigenvalue weighted by molar-refractivity contribution is -0.126. The predicted octanol–water partition coefficient (Wildman–Crippen LogP) is 4.44. The molecule has 0 aromatic rings. The number of fused-ring (bicyclic) bond motifs is 2. The van der Waals surface area contributed by atoms with E-state index in [-0.39, 0.29) is 16.6 Å². The molecule has 3 aliphatic carbocycles. The molecule has 3 aliphatic rings. The maximum Gasteiger partial charge on any atom is 0.171 e. The molecule has 3 rings (SSSR count). The van der Waals surface area contributed by atoms with Crippen molar-refractivity contribution in [2.24, 2.45) is 22.2 Å². The van der Waals surface area contributed by atoms with Gasteiger partial charge >= 0.3 is 0 Å². The summed E-state index contributed by atoms with van der Waals surface area (Å²) in [4.78, 5) is 13.0. The second kappa shape index (κ2) is 4.80. The van der Waals surface area contributed by atoms with Gasteiger partial charge in [-0.15, -0.1) is 6.58 Å². The van der Waals surface area contributed by atoms with Crippen molar-refractivity contribution >= 4 is 5.78 Å². The molecule has 1 fully saturated rings. The van der Waals surface area contributed by atoms with Gasteiger partial charge < -0.3 is 5.11 Å². The van der Waals surface area contributed by atoms with E-state index in [1.807, 2.05) is 6.92 Å². The van der Waals surface area contributed by atoms with Crippen LogP contribution >= 0.6 is 0 Å². The molecule has 22 heavy (non-hydrogen) atoms. The SMILES string of the molecule is C=C[C@]1(C)CCC2=C(C1=O)[C@@H](O)CC1C(C)(C)CCC[C@]21C. The summed E-state index contributed by atoms with van der Waals surface area (Å²) in [6.07, 6.45) is 7.31. The number of carbonyl (C=O) groups is 1. The number of aliphatic hydroxyl groups excluding tert-OH is 1. The first kappa shape index (κ1) is 16.0. The highest BCUT2D eigenvalue weighted by atomic mass is 16.3. The second-order valence-electron chi connectivity index (χ2n) is 8.91. The molecule has 0 saturated heterocycles. The average Bonchev–Trinajstić information content (AvgIpc) is 2.44. The lowest BCUT2D eigenvalue weighted by Crippen LogP contribution is -2.52. The van der Waals surface area contributed by atoms with Crippen molar-refractivity contribution in [1.82, 2.24) is 0 Å². The predicted molar refractivity (Wildman–Crippen MR) is 89.4 cm³/mol. The van der Waals surface area contributed by atoms with Crippen LogP contribution in [0.3, 0.4) is 0 Å². The molecular weight excluding hydrogens is 272 g/mol. The monoisotopic (exact) mass is 302 g/mol. The Hall–Kier alpha value is -0.890. The minimum Gasteiger partial charge on any atom is -0.388 e. The Bertz CT molecular complexity index is 556. The largest absolute Gasteiger partial charge is 0.388 e. The van der Waals surface area contributed by atoms with Gasteiger partial charge in [0.2, 0.25) is 0 Å². The smallest absolute Gasteiger partial charge is 0.171 e. The zero-order valence-electron chi connectivity index (χ0n) is 14.5. The number of hydrogen-bond acceptors (Lipinski definition) is 2. The summed E-state index contributed by atoms with van der Waals surface area (Å²) in [5, 5.41) is 10.8. The van der Waals surface area contributed by atoms with Gasteiger partial charge in [0.25, 0.3) is 0 Å². The second-order valence-corrected chi connectivity index (χ2v) is 8.91. The molecular formula is C20H30O2. The summed E-state index contributed by atoms with van der Waals surface area (Å²) >= 11 is 0. The molecule has 0 aromatic heterocycles. The number of hydrogen-bond donors (Lipinski definition) is 1. The Labute approximate surface area is 134 Å². The molecule has 0 aromatic carbocycles. The molecule has 1 saturated carbocycles. The van der Waals surface area contributed by atoms with Crippen LogP contribution in [-0.4, -0.2) is 17.0 Å². The van der Waals surface area contributed by atoms with E-state index in [4.69, 9.17) is 0 Å². The number of allylic oxidation sites excluding steroid dienone is 2. The van der Waals surface area contributed by atoms with Gasteiger partial charge in [-0.3, -0.25) is 4.79 Å². The Balaban J connectivity index is 2.13. The summed E-state index contributed by atoms with van der Waals surface area (Å²) in [5.41, 5.74) is 1.86. The van der Waals surface area contributed by atoms with Crippen molar-refractivity contribution in [3.8, 4) is 0 Å². The van der Waals surface area contributed by atoms with Crippen molar-refractivity contribution < 1.29 is 9.90 Å². The first-order valence-electron chi connectivity index (χ1n) is 8.76. The average molecular weight is 302 g/mol. The van der Waals surface area contributed by atoms with E-state index in [1.54, 1.807) is 6.08 Å². The van der Waals surface area contributed by atoms with E-state index in [9.17, 15) is 9.90 Å². The Morgan fingerprint density at radius 3 is 2.50 bits per heavy atom. The van der Waals surface area contributed by atoms with Gasteiger partial charge in [0.05, 0.1) is 6.10 Å². The molecule has 0 amide bonds. The van der Waals surface area contributed by atoms with Crippen LogP contribution in [0.1, 0.15) is 66.2 Å². The van der Waals surface area contributed by atoms with E-state index in [1.165, 1.54) is 18.4 Å². The summed E-state index contributed by atoms with van der Waals surface area (Å²) in [7, 11) is 0. The lowest BCUT2D eigenvalue weighted by atomic mass is 9.47. The topological polar surface area (TPSA) is 37.3 Å². The molecule has 2 heteroatoms. The van der Waals surface area contributed by atoms with Gasteiger partial charge in [-0.2, -0.15) is 0 Å². The number of aliphatic hydroxyl groups is 1. The molecule has 0 spiro atoms. The van der Waals surface area contributed by atoms with E-state index in [2.05, 4.69) is 27.4 Å². The highest BCUT2D eigenvalue weighted by Gasteiger charge is 2.56. The van der Waals surface area contributed by atoms with Crippen LogP contribution in [0.2, 0.25) is 0 Å². The van der Waals surface area contributed by atoms with Crippen LogP contribution in [0.4, 0.5) is 0 Å². The third kappa shape index (κ3) is 1.99. The van der Waals surface area contributed by atoms with E-state index in [0.29, 0.717) is 5.92 Å². The fourth-order valence-electron chi connectivity index (χ4n) is 5.62. The maximum atomic E-state index is 13.0. The van der Waals surface area contributed by atoms with Gasteiger partial charge in [-0.1, -0.05) is 38.8 Å². The van der Waals surface area contributed by atoms with Crippen LogP contribution in [-0.2, 0) is 4.79 Å². The Morgan fingerprint density at radius 2 is 1.86 bits per heavy atom. The molecule has 1 N–H and O–H groups in total. The zero-order chi connectivity index (χ0) is 16.3. The summed E-state index contributed by atoms with van der Waals surface area (Å²) in [6, 6.07) is 0. The van der Waals surface area contributed by atoms with Crippen LogP contribution in [0.25, 0.3) is 0 Å². The normalized spacial score (nSPS) is 44.3. The molecule has 0 bridgehead atoms. The van der Waals surface area contributed by atoms with Gasteiger partial charge in [-0.05, 0) is 55.8 Å². The van der Waals surface area contributed by atoms with Crippen molar-refractivity contribution in [2.45, 2.75) is 72.3 Å². The van der Waals surface area contributed by atoms with E-state index < -0.39 is 11.5 Å². The van der Waals surface area contributed by atoms with Gasteiger partial charge in [-0.25, -0.2) is 0 Å². The molecule has 0 radical (unpaired) electrons. The van der Waals surface area contributed by atoms with E-state index >= 15 is 0 Å². The molecule has 0 heterocycles. The Kier molecular flexibility index (Phi) is 3.49. The molecule has 1 unspecified atom stereocenters. The van der Waals surface area contributed by atoms with Gasteiger partial charge in [0.1, 0.15) is 0 Å². The molecule has 122 valence electrons. The third-order valence-corrected chi connectivity index (χ3v) is 7.14. The fourth-order valence-corrected chi connectivity index (χ4v) is 5.62. The number of ketones is 1. The van der Waals surface area contributed by atoms with Crippen molar-refractivity contribution in [3.05, 3.63) is 23.8 Å². The summed E-state index contributed by atoms with van der Waals surface area (Å²) < 4.78 is 0. The van der Waals surface area contributed by atoms with Crippen molar-refractivity contribution in [2.75, 3.05) is 0 Å². The Morgan fingerprint density at radius 1 is 1.18 bits per heavy atom. The van der Waals surface area contributed by atoms with Crippen LogP contribution in [0.5, 0.6) is 0 Å². The standard InChI is InChI=1S/C20H30O2/c1-6-19(4)11-8-13-16(17(19)22)14(21)12-15-18(2,3)9-7-10-20(13,15)5/h6,14-15,21H,1,7-12H2,2-5H3/t14-,15?,19+,20+/m0/s1.